The summed E-state index contributed by atoms with van der Waals surface area (Å²) in [6.07, 6.45) is 0. The van der Waals surface area contributed by atoms with Crippen molar-refractivity contribution in [3.8, 4) is 5.75 Å². The first-order chi connectivity index (χ1) is 7.99. The Kier molecular flexibility index (Phi) is 5.92. The van der Waals surface area contributed by atoms with Crippen LogP contribution in [-0.4, -0.2) is 19.2 Å². The third-order valence-electron chi connectivity index (χ3n) is 2.67. The molecule has 0 radical (unpaired) electrons. The Morgan fingerprint density at radius 1 is 1.29 bits per heavy atom. The summed E-state index contributed by atoms with van der Waals surface area (Å²) in [4.78, 5) is 0. The van der Waals surface area contributed by atoms with Gasteiger partial charge in [0.05, 0.1) is 0 Å². The van der Waals surface area contributed by atoms with Gasteiger partial charge in [0.25, 0.3) is 0 Å². The van der Waals surface area contributed by atoms with Crippen molar-refractivity contribution in [2.45, 2.75) is 26.8 Å². The van der Waals surface area contributed by atoms with E-state index >= 15 is 0 Å². The molecule has 1 aromatic rings. The molecule has 1 aromatic carbocycles. The Labute approximate surface area is 111 Å². The molecule has 0 aliphatic rings. The van der Waals surface area contributed by atoms with E-state index in [0.29, 0.717) is 28.8 Å². The van der Waals surface area contributed by atoms with Gasteiger partial charge >= 0.3 is 0 Å². The molecule has 1 N–H and O–H groups in total. The fraction of sp³-hybridized carbons (Fsp3) is 0.538. The first-order valence-corrected chi connectivity index (χ1v) is 6.60. The number of hydrogen-bond acceptors (Lipinski definition) is 2. The molecule has 0 amide bonds. The largest absolute Gasteiger partial charge is 0.492 e. The van der Waals surface area contributed by atoms with E-state index in [1.807, 2.05) is 0 Å². The van der Waals surface area contributed by atoms with E-state index < -0.39 is 0 Å². The fourth-order valence-electron chi connectivity index (χ4n) is 1.30. The molecule has 0 fully saturated rings. The van der Waals surface area contributed by atoms with Gasteiger partial charge in [0, 0.05) is 23.1 Å². The minimum Gasteiger partial charge on any atom is -0.492 e. The number of hydrogen-bond donors (Lipinski definition) is 1. The van der Waals surface area contributed by atoms with Gasteiger partial charge in [-0.05, 0) is 25.0 Å². The topological polar surface area (TPSA) is 21.3 Å². The number of rotatable bonds is 6. The molecule has 0 aliphatic heterocycles. The van der Waals surface area contributed by atoms with Crippen LogP contribution in [0.3, 0.4) is 0 Å². The van der Waals surface area contributed by atoms with Gasteiger partial charge in [0.2, 0.25) is 0 Å². The quantitative estimate of drug-likeness (QED) is 0.811. The molecule has 17 heavy (non-hydrogen) atoms. The third kappa shape index (κ3) is 5.50. The monoisotopic (exact) mass is 303 g/mol. The lowest BCUT2D eigenvalue weighted by Gasteiger charge is -2.17. The standard InChI is InChI=1S/C13H19BrFNO/c1-9(2)10(3)16-4-5-17-13-7-11(14)6-12(15)8-13/h6-10,16H,4-5H2,1-3H3. The van der Waals surface area contributed by atoms with Crippen molar-refractivity contribution in [3.63, 3.8) is 0 Å². The average Bonchev–Trinajstić information content (AvgIpc) is 2.22. The number of ether oxygens (including phenoxy) is 1. The highest BCUT2D eigenvalue weighted by Gasteiger charge is 2.05. The Morgan fingerprint density at radius 2 is 2.00 bits per heavy atom. The van der Waals surface area contributed by atoms with Crippen LogP contribution >= 0.6 is 15.9 Å². The van der Waals surface area contributed by atoms with E-state index in [1.54, 1.807) is 6.07 Å². The van der Waals surface area contributed by atoms with Gasteiger partial charge in [-0.1, -0.05) is 29.8 Å². The van der Waals surface area contributed by atoms with Gasteiger partial charge in [0.1, 0.15) is 18.2 Å². The molecule has 2 nitrogen and oxygen atoms in total. The van der Waals surface area contributed by atoms with Crippen LogP contribution in [0.25, 0.3) is 0 Å². The molecule has 1 unspecified atom stereocenters. The normalized spacial score (nSPS) is 12.8. The second kappa shape index (κ2) is 6.97. The lowest BCUT2D eigenvalue weighted by Crippen LogP contribution is -2.33. The fourth-order valence-corrected chi connectivity index (χ4v) is 1.75. The predicted octanol–water partition coefficient (Wildman–Crippen LogP) is 3.60. The maximum Gasteiger partial charge on any atom is 0.128 e. The molecule has 96 valence electrons. The van der Waals surface area contributed by atoms with Crippen molar-refractivity contribution in [1.82, 2.24) is 5.32 Å². The van der Waals surface area contributed by atoms with Gasteiger partial charge in [-0.15, -0.1) is 0 Å². The molecule has 1 rings (SSSR count). The second-order valence-corrected chi connectivity index (χ2v) is 5.36. The summed E-state index contributed by atoms with van der Waals surface area (Å²) in [5, 5.41) is 3.35. The number of nitrogens with one attached hydrogen (secondary N) is 1. The van der Waals surface area contributed by atoms with Gasteiger partial charge in [-0.3, -0.25) is 0 Å². The van der Waals surface area contributed by atoms with Crippen LogP contribution in [0, 0.1) is 11.7 Å². The second-order valence-electron chi connectivity index (χ2n) is 4.44. The highest BCUT2D eigenvalue weighted by atomic mass is 79.9. The zero-order valence-electron chi connectivity index (χ0n) is 10.5. The first-order valence-electron chi connectivity index (χ1n) is 5.81. The zero-order valence-corrected chi connectivity index (χ0v) is 12.1. The van der Waals surface area contributed by atoms with Crippen LogP contribution in [0.5, 0.6) is 5.75 Å². The third-order valence-corrected chi connectivity index (χ3v) is 3.13. The van der Waals surface area contributed by atoms with Gasteiger partial charge < -0.3 is 10.1 Å². The smallest absolute Gasteiger partial charge is 0.128 e. The maximum absolute atomic E-state index is 13.0. The van der Waals surface area contributed by atoms with Crippen molar-refractivity contribution in [2.75, 3.05) is 13.2 Å². The van der Waals surface area contributed by atoms with Gasteiger partial charge in [-0.2, -0.15) is 0 Å². The van der Waals surface area contributed by atoms with Crippen molar-refractivity contribution >= 4 is 15.9 Å². The molecule has 1 atom stereocenters. The van der Waals surface area contributed by atoms with Crippen LogP contribution in [0.15, 0.2) is 22.7 Å². The minimum atomic E-state index is -0.294. The summed E-state index contributed by atoms with van der Waals surface area (Å²) in [6.45, 7) is 7.77. The van der Waals surface area contributed by atoms with Crippen molar-refractivity contribution in [3.05, 3.63) is 28.5 Å². The first kappa shape index (κ1) is 14.5. The van der Waals surface area contributed by atoms with Crippen molar-refractivity contribution in [2.24, 2.45) is 5.92 Å². The predicted molar refractivity (Wildman–Crippen MR) is 71.9 cm³/mol. The SMILES string of the molecule is CC(C)C(C)NCCOc1cc(F)cc(Br)c1. The van der Waals surface area contributed by atoms with E-state index in [2.05, 4.69) is 42.0 Å². The van der Waals surface area contributed by atoms with Crippen LogP contribution in [0.1, 0.15) is 20.8 Å². The molecule has 0 heterocycles. The lowest BCUT2D eigenvalue weighted by atomic mass is 10.1. The van der Waals surface area contributed by atoms with Gasteiger partial charge in [-0.25, -0.2) is 4.39 Å². The summed E-state index contributed by atoms with van der Waals surface area (Å²) in [7, 11) is 0. The summed E-state index contributed by atoms with van der Waals surface area (Å²) < 4.78 is 19.2. The summed E-state index contributed by atoms with van der Waals surface area (Å²) in [6, 6.07) is 5.01. The van der Waals surface area contributed by atoms with Crippen molar-refractivity contribution < 1.29 is 9.13 Å². The van der Waals surface area contributed by atoms with E-state index in [1.165, 1.54) is 12.1 Å². The van der Waals surface area contributed by atoms with E-state index in [4.69, 9.17) is 4.74 Å². The Hall–Kier alpha value is -0.610. The Bertz CT molecular complexity index is 337. The molecule has 0 aliphatic carbocycles. The zero-order chi connectivity index (χ0) is 12.8. The Balaban J connectivity index is 2.31. The van der Waals surface area contributed by atoms with Crippen LogP contribution in [0.2, 0.25) is 0 Å². The molecule has 0 aromatic heterocycles. The Morgan fingerprint density at radius 3 is 2.59 bits per heavy atom. The van der Waals surface area contributed by atoms with Crippen LogP contribution < -0.4 is 10.1 Å². The molecule has 0 bridgehead atoms. The summed E-state index contributed by atoms with van der Waals surface area (Å²) in [5.41, 5.74) is 0. The highest BCUT2D eigenvalue weighted by molar-refractivity contribution is 9.10. The molecule has 0 saturated carbocycles. The molecule has 0 saturated heterocycles. The van der Waals surface area contributed by atoms with Crippen molar-refractivity contribution in [1.29, 1.82) is 0 Å². The summed E-state index contributed by atoms with van der Waals surface area (Å²) in [5.74, 6) is 0.854. The number of halogens is 2. The number of benzene rings is 1. The maximum atomic E-state index is 13.0. The van der Waals surface area contributed by atoms with E-state index in [0.717, 1.165) is 6.54 Å². The lowest BCUT2D eigenvalue weighted by molar-refractivity contribution is 0.295. The summed E-state index contributed by atoms with van der Waals surface area (Å²) >= 11 is 3.23. The molecule has 4 heteroatoms. The molecule has 0 spiro atoms. The minimum absolute atomic E-state index is 0.294. The van der Waals surface area contributed by atoms with Gasteiger partial charge in [0.15, 0.2) is 0 Å². The molecular weight excluding hydrogens is 285 g/mol. The van der Waals surface area contributed by atoms with Crippen LogP contribution in [0.4, 0.5) is 4.39 Å². The van der Waals surface area contributed by atoms with E-state index in [-0.39, 0.29) is 5.82 Å². The molecular formula is C13H19BrFNO. The highest BCUT2D eigenvalue weighted by Crippen LogP contribution is 2.20. The average molecular weight is 304 g/mol. The van der Waals surface area contributed by atoms with E-state index in [9.17, 15) is 4.39 Å². The van der Waals surface area contributed by atoms with Crippen LogP contribution in [-0.2, 0) is 0 Å².